The van der Waals surface area contributed by atoms with E-state index in [2.05, 4.69) is 53.3 Å². The molecule has 28 heavy (non-hydrogen) atoms. The first-order chi connectivity index (χ1) is 13.4. The van der Waals surface area contributed by atoms with Crippen LogP contribution in [0.25, 0.3) is 0 Å². The van der Waals surface area contributed by atoms with Gasteiger partial charge in [-0.1, -0.05) is 32.0 Å². The number of nitrogens with zero attached hydrogens (tertiary/aromatic N) is 2. The quantitative estimate of drug-likeness (QED) is 0.560. The fraction of sp³-hybridized carbons (Fsp3) is 0.273. The van der Waals surface area contributed by atoms with Gasteiger partial charge in [-0.15, -0.1) is 0 Å². The van der Waals surface area contributed by atoms with Crippen molar-refractivity contribution in [1.82, 2.24) is 15.1 Å². The van der Waals surface area contributed by atoms with Crippen molar-refractivity contribution < 1.29 is 4.79 Å². The van der Waals surface area contributed by atoms with Gasteiger partial charge in [-0.3, -0.25) is 9.48 Å². The highest BCUT2D eigenvalue weighted by Crippen LogP contribution is 2.26. The molecule has 0 radical (unpaired) electrons. The molecular weight excluding hydrogens is 368 g/mol. The molecule has 6 heteroatoms. The van der Waals surface area contributed by atoms with Gasteiger partial charge in [0.1, 0.15) is 0 Å². The van der Waals surface area contributed by atoms with Gasteiger partial charge in [-0.05, 0) is 60.2 Å². The number of rotatable bonds is 7. The number of hydrogen-bond acceptors (Lipinski definition) is 4. The van der Waals surface area contributed by atoms with Gasteiger partial charge in [0.05, 0.1) is 6.20 Å². The van der Waals surface area contributed by atoms with Crippen molar-refractivity contribution >= 4 is 23.5 Å². The van der Waals surface area contributed by atoms with Crippen LogP contribution in [0.15, 0.2) is 59.8 Å². The molecule has 0 fully saturated rings. The van der Waals surface area contributed by atoms with Gasteiger partial charge < -0.3 is 10.0 Å². The van der Waals surface area contributed by atoms with E-state index in [-0.39, 0.29) is 5.91 Å². The summed E-state index contributed by atoms with van der Waals surface area (Å²) in [6.45, 7) is 6.87. The maximum Gasteiger partial charge on any atom is 0.251 e. The lowest BCUT2D eigenvalue weighted by atomic mass is 10.0. The summed E-state index contributed by atoms with van der Waals surface area (Å²) in [5, 5.41) is 7.05. The van der Waals surface area contributed by atoms with E-state index < -0.39 is 0 Å². The second-order valence-electron chi connectivity index (χ2n) is 7.16. The van der Waals surface area contributed by atoms with Crippen molar-refractivity contribution in [3.63, 3.8) is 0 Å². The Morgan fingerprint density at radius 2 is 1.93 bits per heavy atom. The molecular formula is C22H26N4OS. The standard InChI is InChI=1S/C22H26N4OS/c1-15(2)18-7-9-20(10-8-18)28-25-21-11-19(6-5-16(21)3)22(27)23-12-17-13-24-26(4)14-17/h5-11,13-15,25H,12H2,1-4H3,(H,23,27). The van der Waals surface area contributed by atoms with Gasteiger partial charge in [-0.25, -0.2) is 0 Å². The fourth-order valence-electron chi connectivity index (χ4n) is 2.76. The Bertz CT molecular complexity index is 947. The summed E-state index contributed by atoms with van der Waals surface area (Å²) in [5.41, 5.74) is 4.96. The molecule has 0 aliphatic carbocycles. The second-order valence-corrected chi connectivity index (χ2v) is 8.04. The molecule has 1 amide bonds. The monoisotopic (exact) mass is 394 g/mol. The number of carbonyl (C=O) groups excluding carboxylic acids is 1. The van der Waals surface area contributed by atoms with Crippen molar-refractivity contribution in [1.29, 1.82) is 0 Å². The molecule has 0 saturated heterocycles. The Labute approximate surface area is 170 Å². The molecule has 3 rings (SSSR count). The minimum Gasteiger partial charge on any atom is -0.348 e. The first-order valence-corrected chi connectivity index (χ1v) is 10.1. The van der Waals surface area contributed by atoms with Gasteiger partial charge >= 0.3 is 0 Å². The van der Waals surface area contributed by atoms with Crippen LogP contribution in [0, 0.1) is 6.92 Å². The molecule has 0 aliphatic rings. The Hall–Kier alpha value is -2.73. The van der Waals surface area contributed by atoms with Crippen molar-refractivity contribution in [3.8, 4) is 0 Å². The first-order valence-electron chi connectivity index (χ1n) is 9.31. The number of hydrogen-bond donors (Lipinski definition) is 2. The maximum atomic E-state index is 12.5. The maximum absolute atomic E-state index is 12.5. The lowest BCUT2D eigenvalue weighted by Crippen LogP contribution is -2.22. The molecule has 0 unspecified atom stereocenters. The van der Waals surface area contributed by atoms with Crippen LogP contribution in [0.5, 0.6) is 0 Å². The summed E-state index contributed by atoms with van der Waals surface area (Å²) in [4.78, 5) is 13.6. The predicted octanol–water partition coefficient (Wildman–Crippen LogP) is 4.90. The van der Waals surface area contributed by atoms with E-state index in [9.17, 15) is 4.79 Å². The minimum absolute atomic E-state index is 0.0989. The summed E-state index contributed by atoms with van der Waals surface area (Å²) in [5.74, 6) is 0.425. The molecule has 2 N–H and O–H groups in total. The number of aromatic nitrogens is 2. The average Bonchev–Trinajstić information content (AvgIpc) is 3.11. The SMILES string of the molecule is Cc1ccc(C(=O)NCc2cnn(C)c2)cc1NSc1ccc(C(C)C)cc1. The van der Waals surface area contributed by atoms with Gasteiger partial charge in [0.15, 0.2) is 0 Å². The topological polar surface area (TPSA) is 59.0 Å². The average molecular weight is 395 g/mol. The number of carbonyl (C=O) groups is 1. The van der Waals surface area contributed by atoms with Gasteiger partial charge in [0.2, 0.25) is 0 Å². The lowest BCUT2D eigenvalue weighted by Gasteiger charge is -2.12. The van der Waals surface area contributed by atoms with Crippen molar-refractivity contribution in [2.75, 3.05) is 4.72 Å². The largest absolute Gasteiger partial charge is 0.348 e. The summed E-state index contributed by atoms with van der Waals surface area (Å²) >= 11 is 1.55. The third kappa shape index (κ3) is 5.16. The molecule has 0 bridgehead atoms. The number of benzene rings is 2. The van der Waals surface area contributed by atoms with Crippen LogP contribution in [0.2, 0.25) is 0 Å². The zero-order valence-electron chi connectivity index (χ0n) is 16.7. The molecule has 0 saturated carbocycles. The number of aryl methyl sites for hydroxylation is 2. The summed E-state index contributed by atoms with van der Waals surface area (Å²) in [6, 6.07) is 14.3. The highest BCUT2D eigenvalue weighted by atomic mass is 32.2. The van der Waals surface area contributed by atoms with Crippen molar-refractivity contribution in [2.45, 2.75) is 38.1 Å². The van der Waals surface area contributed by atoms with Crippen LogP contribution >= 0.6 is 11.9 Å². The molecule has 1 aromatic heterocycles. The van der Waals surface area contributed by atoms with Gasteiger partial charge in [0, 0.05) is 41.5 Å². The first kappa shape index (κ1) is 20.0. The zero-order chi connectivity index (χ0) is 20.1. The minimum atomic E-state index is -0.0989. The molecule has 146 valence electrons. The summed E-state index contributed by atoms with van der Waals surface area (Å²) in [7, 11) is 1.86. The van der Waals surface area contributed by atoms with E-state index in [1.165, 1.54) is 5.56 Å². The van der Waals surface area contributed by atoms with E-state index in [1.807, 2.05) is 38.4 Å². The molecule has 0 aliphatic heterocycles. The van der Waals surface area contributed by atoms with Crippen LogP contribution in [-0.4, -0.2) is 15.7 Å². The Kier molecular flexibility index (Phi) is 6.41. The highest BCUT2D eigenvalue weighted by molar-refractivity contribution is 8.00. The van der Waals surface area contributed by atoms with E-state index in [1.54, 1.807) is 22.8 Å². The Morgan fingerprint density at radius 3 is 2.57 bits per heavy atom. The Balaban J connectivity index is 1.62. The highest BCUT2D eigenvalue weighted by Gasteiger charge is 2.09. The Morgan fingerprint density at radius 1 is 1.18 bits per heavy atom. The van der Waals surface area contributed by atoms with Crippen molar-refractivity contribution in [3.05, 3.63) is 77.1 Å². The molecule has 0 atom stereocenters. The van der Waals surface area contributed by atoms with Crippen LogP contribution in [0.1, 0.15) is 46.8 Å². The van der Waals surface area contributed by atoms with E-state index >= 15 is 0 Å². The third-order valence-electron chi connectivity index (χ3n) is 4.54. The summed E-state index contributed by atoms with van der Waals surface area (Å²) < 4.78 is 5.10. The van der Waals surface area contributed by atoms with E-state index in [0.29, 0.717) is 18.0 Å². The lowest BCUT2D eigenvalue weighted by molar-refractivity contribution is 0.0951. The number of amides is 1. The summed E-state index contributed by atoms with van der Waals surface area (Å²) in [6.07, 6.45) is 3.65. The van der Waals surface area contributed by atoms with E-state index in [4.69, 9.17) is 0 Å². The normalized spacial score (nSPS) is 10.9. The molecule has 0 spiro atoms. The van der Waals surface area contributed by atoms with Crippen LogP contribution in [0.4, 0.5) is 5.69 Å². The third-order valence-corrected chi connectivity index (χ3v) is 5.37. The number of nitrogens with one attached hydrogen (secondary N) is 2. The smallest absolute Gasteiger partial charge is 0.251 e. The van der Waals surface area contributed by atoms with Gasteiger partial charge in [0.25, 0.3) is 5.91 Å². The second kappa shape index (κ2) is 8.97. The van der Waals surface area contributed by atoms with Crippen molar-refractivity contribution in [2.24, 2.45) is 7.05 Å². The van der Waals surface area contributed by atoms with Crippen LogP contribution in [-0.2, 0) is 13.6 Å². The van der Waals surface area contributed by atoms with Crippen LogP contribution < -0.4 is 10.0 Å². The number of anilines is 1. The molecule has 2 aromatic carbocycles. The van der Waals surface area contributed by atoms with Gasteiger partial charge in [-0.2, -0.15) is 5.10 Å². The molecule has 1 heterocycles. The van der Waals surface area contributed by atoms with Crippen LogP contribution in [0.3, 0.4) is 0 Å². The fourth-order valence-corrected chi connectivity index (χ4v) is 3.48. The van der Waals surface area contributed by atoms with E-state index in [0.717, 1.165) is 21.7 Å². The molecule has 5 nitrogen and oxygen atoms in total. The molecule has 3 aromatic rings. The zero-order valence-corrected chi connectivity index (χ0v) is 17.5. The predicted molar refractivity (Wildman–Crippen MR) is 116 cm³/mol.